The van der Waals surface area contributed by atoms with Gasteiger partial charge in [-0.25, -0.2) is 19.3 Å². The van der Waals surface area contributed by atoms with Crippen LogP contribution in [0, 0.1) is 12.7 Å². The topological polar surface area (TPSA) is 110 Å². The summed E-state index contributed by atoms with van der Waals surface area (Å²) >= 11 is 0. The predicted octanol–water partition coefficient (Wildman–Crippen LogP) is 7.25. The standard InChI is InChI=1S/C34H29FN6O3/c1-20-11-14-24-23(15-16-36-33(24)40-28-10-5-4-9-27(28)35)30(20)41-34(42)26-8-6-7-25-31(26)38-19-39-32(25)37-18-21-12-13-22(43-2)17-29(21)44-3/h4-17,19H,18H2,1-3H3,(H,36,40)(H,41,42)(H,37,38,39). The first-order valence-corrected chi connectivity index (χ1v) is 13.9. The van der Waals surface area contributed by atoms with Gasteiger partial charge in [0.15, 0.2) is 0 Å². The molecule has 0 spiro atoms. The molecule has 220 valence electrons. The van der Waals surface area contributed by atoms with Crippen molar-refractivity contribution >= 4 is 50.6 Å². The van der Waals surface area contributed by atoms with Crippen LogP contribution in [0.3, 0.4) is 0 Å². The number of rotatable bonds is 9. The monoisotopic (exact) mass is 588 g/mol. The molecule has 0 aliphatic carbocycles. The van der Waals surface area contributed by atoms with E-state index in [-0.39, 0.29) is 11.7 Å². The van der Waals surface area contributed by atoms with Gasteiger partial charge in [-0.05, 0) is 55.0 Å². The Bertz CT molecular complexity index is 2020. The van der Waals surface area contributed by atoms with E-state index >= 15 is 0 Å². The molecular formula is C34H29FN6O3. The predicted molar refractivity (Wildman–Crippen MR) is 171 cm³/mol. The van der Waals surface area contributed by atoms with E-state index in [0.29, 0.717) is 57.5 Å². The normalized spacial score (nSPS) is 10.9. The van der Waals surface area contributed by atoms with Gasteiger partial charge in [-0.2, -0.15) is 0 Å². The van der Waals surface area contributed by atoms with Crippen molar-refractivity contribution in [2.24, 2.45) is 0 Å². The third-order valence-electron chi connectivity index (χ3n) is 7.37. The summed E-state index contributed by atoms with van der Waals surface area (Å²) in [4.78, 5) is 27.1. The minimum atomic E-state index is -0.387. The second-order valence-corrected chi connectivity index (χ2v) is 10.0. The molecule has 2 aromatic heterocycles. The van der Waals surface area contributed by atoms with Gasteiger partial charge in [-0.3, -0.25) is 4.79 Å². The number of carbonyl (C=O) groups excluding carboxylic acids is 1. The first-order chi connectivity index (χ1) is 21.5. The molecule has 4 aromatic carbocycles. The number of pyridine rings is 1. The number of carbonyl (C=O) groups is 1. The zero-order valence-corrected chi connectivity index (χ0v) is 24.3. The van der Waals surface area contributed by atoms with Gasteiger partial charge in [0.05, 0.1) is 36.7 Å². The lowest BCUT2D eigenvalue weighted by molar-refractivity contribution is 0.102. The smallest absolute Gasteiger partial charge is 0.257 e. The average molecular weight is 589 g/mol. The van der Waals surface area contributed by atoms with E-state index in [4.69, 9.17) is 9.47 Å². The Morgan fingerprint density at radius 1 is 0.841 bits per heavy atom. The van der Waals surface area contributed by atoms with Gasteiger partial charge >= 0.3 is 0 Å². The average Bonchev–Trinajstić information content (AvgIpc) is 3.05. The van der Waals surface area contributed by atoms with E-state index in [1.807, 2.05) is 49.4 Å². The number of hydrogen-bond donors (Lipinski definition) is 3. The van der Waals surface area contributed by atoms with E-state index in [9.17, 15) is 9.18 Å². The summed E-state index contributed by atoms with van der Waals surface area (Å²) in [6, 6.07) is 23.0. The van der Waals surface area contributed by atoms with Crippen LogP contribution in [-0.4, -0.2) is 35.1 Å². The number of aromatic nitrogens is 3. The lowest BCUT2D eigenvalue weighted by Crippen LogP contribution is -2.14. The number of para-hydroxylation sites is 2. The SMILES string of the molecule is COc1ccc(CNc2ncnc3c(C(=O)Nc4c(C)ccc5c(Nc6ccccc6F)nccc45)cccc23)c(OC)c1. The van der Waals surface area contributed by atoms with Crippen molar-refractivity contribution in [3.05, 3.63) is 114 Å². The van der Waals surface area contributed by atoms with Crippen LogP contribution < -0.4 is 25.4 Å². The molecule has 0 atom stereocenters. The Hall–Kier alpha value is -5.77. The molecule has 0 fully saturated rings. The minimum absolute atomic E-state index is 0.309. The molecule has 0 unspecified atom stereocenters. The molecule has 1 amide bonds. The summed E-state index contributed by atoms with van der Waals surface area (Å²) in [5.74, 6) is 1.73. The first kappa shape index (κ1) is 28.4. The summed E-state index contributed by atoms with van der Waals surface area (Å²) in [6.07, 6.45) is 3.06. The number of methoxy groups -OCH3 is 2. The van der Waals surface area contributed by atoms with Crippen LogP contribution in [0.25, 0.3) is 21.7 Å². The Balaban J connectivity index is 1.30. The molecule has 0 saturated carbocycles. The maximum absolute atomic E-state index is 14.4. The number of halogens is 1. The molecule has 2 heterocycles. The van der Waals surface area contributed by atoms with Crippen LogP contribution in [-0.2, 0) is 6.54 Å². The number of benzene rings is 4. The second kappa shape index (κ2) is 12.2. The highest BCUT2D eigenvalue weighted by Gasteiger charge is 2.18. The quantitative estimate of drug-likeness (QED) is 0.162. The van der Waals surface area contributed by atoms with Gasteiger partial charge < -0.3 is 25.4 Å². The fourth-order valence-electron chi connectivity index (χ4n) is 5.09. The van der Waals surface area contributed by atoms with Crippen LogP contribution >= 0.6 is 0 Å². The highest BCUT2D eigenvalue weighted by atomic mass is 19.1. The number of nitrogens with zero attached hydrogens (tertiary/aromatic N) is 3. The highest BCUT2D eigenvalue weighted by Crippen LogP contribution is 2.33. The molecule has 10 heteroatoms. The Kier molecular flexibility index (Phi) is 7.88. The zero-order chi connectivity index (χ0) is 30.6. The molecule has 0 aliphatic rings. The molecular weight excluding hydrogens is 559 g/mol. The summed E-state index contributed by atoms with van der Waals surface area (Å²) in [5, 5.41) is 11.7. The van der Waals surface area contributed by atoms with E-state index in [1.54, 1.807) is 50.7 Å². The molecule has 0 radical (unpaired) electrons. The van der Waals surface area contributed by atoms with E-state index in [2.05, 4.69) is 30.9 Å². The third-order valence-corrected chi connectivity index (χ3v) is 7.37. The number of anilines is 4. The fourth-order valence-corrected chi connectivity index (χ4v) is 5.09. The Morgan fingerprint density at radius 2 is 1.70 bits per heavy atom. The maximum atomic E-state index is 14.4. The number of nitrogens with one attached hydrogen (secondary N) is 3. The van der Waals surface area contributed by atoms with Gasteiger partial charge in [-0.15, -0.1) is 0 Å². The Labute approximate surface area is 253 Å². The molecule has 0 aliphatic heterocycles. The fraction of sp³-hybridized carbons (Fsp3) is 0.118. The van der Waals surface area contributed by atoms with Crippen molar-refractivity contribution in [2.75, 3.05) is 30.2 Å². The van der Waals surface area contributed by atoms with Crippen LogP contribution in [0.15, 0.2) is 91.4 Å². The summed E-state index contributed by atoms with van der Waals surface area (Å²) < 4.78 is 25.2. The van der Waals surface area contributed by atoms with E-state index < -0.39 is 0 Å². The molecule has 0 saturated heterocycles. The van der Waals surface area contributed by atoms with Crippen molar-refractivity contribution < 1.29 is 18.7 Å². The van der Waals surface area contributed by atoms with Gasteiger partial charge in [0.25, 0.3) is 5.91 Å². The van der Waals surface area contributed by atoms with Crippen LogP contribution in [0.1, 0.15) is 21.5 Å². The van der Waals surface area contributed by atoms with Crippen molar-refractivity contribution in [1.82, 2.24) is 15.0 Å². The summed E-state index contributed by atoms with van der Waals surface area (Å²) in [7, 11) is 3.22. The molecule has 6 rings (SSSR count). The molecule has 0 bridgehead atoms. The van der Waals surface area contributed by atoms with Crippen molar-refractivity contribution in [3.8, 4) is 11.5 Å². The summed E-state index contributed by atoms with van der Waals surface area (Å²) in [6.45, 7) is 2.35. The number of ether oxygens (including phenoxy) is 2. The van der Waals surface area contributed by atoms with Crippen LogP contribution in [0.2, 0.25) is 0 Å². The summed E-state index contributed by atoms with van der Waals surface area (Å²) in [5.41, 5.74) is 3.61. The third kappa shape index (κ3) is 5.52. The Morgan fingerprint density at radius 3 is 2.52 bits per heavy atom. The molecule has 9 nitrogen and oxygen atoms in total. The van der Waals surface area contributed by atoms with Crippen molar-refractivity contribution in [2.45, 2.75) is 13.5 Å². The van der Waals surface area contributed by atoms with E-state index in [0.717, 1.165) is 21.9 Å². The number of hydrogen-bond acceptors (Lipinski definition) is 8. The maximum Gasteiger partial charge on any atom is 0.257 e. The van der Waals surface area contributed by atoms with Gasteiger partial charge in [0.1, 0.15) is 35.3 Å². The minimum Gasteiger partial charge on any atom is -0.497 e. The lowest BCUT2D eigenvalue weighted by Gasteiger charge is -2.16. The molecule has 3 N–H and O–H groups in total. The van der Waals surface area contributed by atoms with Crippen molar-refractivity contribution in [3.63, 3.8) is 0 Å². The van der Waals surface area contributed by atoms with E-state index in [1.165, 1.54) is 12.4 Å². The largest absolute Gasteiger partial charge is 0.497 e. The second-order valence-electron chi connectivity index (χ2n) is 10.0. The van der Waals surface area contributed by atoms with Crippen LogP contribution in [0.5, 0.6) is 11.5 Å². The number of fused-ring (bicyclic) bond motifs is 2. The van der Waals surface area contributed by atoms with Crippen LogP contribution in [0.4, 0.5) is 27.4 Å². The highest BCUT2D eigenvalue weighted by molar-refractivity contribution is 6.16. The number of aryl methyl sites for hydroxylation is 1. The lowest BCUT2D eigenvalue weighted by atomic mass is 10.0. The van der Waals surface area contributed by atoms with Gasteiger partial charge in [-0.1, -0.05) is 30.3 Å². The molecule has 6 aromatic rings. The van der Waals surface area contributed by atoms with Gasteiger partial charge in [0, 0.05) is 40.5 Å². The van der Waals surface area contributed by atoms with Gasteiger partial charge in [0.2, 0.25) is 0 Å². The number of amides is 1. The first-order valence-electron chi connectivity index (χ1n) is 13.9. The zero-order valence-electron chi connectivity index (χ0n) is 24.3. The van der Waals surface area contributed by atoms with Crippen molar-refractivity contribution in [1.29, 1.82) is 0 Å². The molecule has 44 heavy (non-hydrogen) atoms.